The average molecular weight is 213 g/mol. The molecule has 0 amide bonds. The van der Waals surface area contributed by atoms with Crippen molar-refractivity contribution < 1.29 is 9.47 Å². The molecular formula is C13H11NO2. The lowest BCUT2D eigenvalue weighted by Gasteiger charge is -2.10. The number of ether oxygens (including phenoxy) is 1. The molecule has 1 aromatic heterocycles. The number of benzene rings is 1. The van der Waals surface area contributed by atoms with Gasteiger partial charge >= 0.3 is 0 Å². The lowest BCUT2D eigenvalue weighted by atomic mass is 10.2. The van der Waals surface area contributed by atoms with Crippen molar-refractivity contribution in [3.8, 4) is 18.1 Å². The quantitative estimate of drug-likeness (QED) is 0.434. The summed E-state index contributed by atoms with van der Waals surface area (Å²) in [6.07, 6.45) is 6.39. The molecule has 16 heavy (non-hydrogen) atoms. The zero-order chi connectivity index (χ0) is 11.5. The molecule has 0 N–H and O–H groups in total. The predicted molar refractivity (Wildman–Crippen MR) is 61.8 cm³/mol. The van der Waals surface area contributed by atoms with Crippen molar-refractivity contribution in [2.45, 2.75) is 13.0 Å². The van der Waals surface area contributed by atoms with Gasteiger partial charge in [-0.3, -0.25) is 0 Å². The zero-order valence-corrected chi connectivity index (χ0v) is 8.88. The number of nitrogens with zero attached hydrogens (tertiary/aromatic N) is 1. The number of hydrogen-bond donors (Lipinski definition) is 0. The van der Waals surface area contributed by atoms with Gasteiger partial charge in [-0.1, -0.05) is 12.0 Å². The Balaban J connectivity index is 2.55. The van der Waals surface area contributed by atoms with Gasteiger partial charge in [0.15, 0.2) is 12.3 Å². The van der Waals surface area contributed by atoms with Crippen LogP contribution in [0.5, 0.6) is 5.75 Å². The highest BCUT2D eigenvalue weighted by atomic mass is 16.5. The molecule has 2 rings (SSSR count). The van der Waals surface area contributed by atoms with Gasteiger partial charge in [-0.25, -0.2) is 0 Å². The summed E-state index contributed by atoms with van der Waals surface area (Å²) in [5, 5.41) is 12.3. The van der Waals surface area contributed by atoms with Gasteiger partial charge in [0.25, 0.3) is 0 Å². The summed E-state index contributed by atoms with van der Waals surface area (Å²) in [4.78, 5) is 0. The van der Waals surface area contributed by atoms with Crippen LogP contribution in [-0.2, 0) is 0 Å². The fourth-order valence-corrected chi connectivity index (χ4v) is 1.52. The van der Waals surface area contributed by atoms with Gasteiger partial charge in [-0.05, 0) is 19.1 Å². The van der Waals surface area contributed by atoms with E-state index in [1.165, 1.54) is 6.20 Å². The fourth-order valence-electron chi connectivity index (χ4n) is 1.52. The van der Waals surface area contributed by atoms with E-state index in [1.54, 1.807) is 31.2 Å². The normalized spacial score (nSPS) is 12.0. The highest BCUT2D eigenvalue weighted by Crippen LogP contribution is 2.23. The molecule has 0 bridgehead atoms. The first-order valence-electron chi connectivity index (χ1n) is 4.96. The fraction of sp³-hybridized carbons (Fsp3) is 0.154. The Hall–Kier alpha value is -2.21. The van der Waals surface area contributed by atoms with E-state index < -0.39 is 0 Å². The van der Waals surface area contributed by atoms with Crippen LogP contribution in [0.3, 0.4) is 0 Å². The Bertz CT molecular complexity index is 557. The van der Waals surface area contributed by atoms with Crippen LogP contribution in [0.15, 0.2) is 36.5 Å². The second-order valence-corrected chi connectivity index (χ2v) is 3.45. The molecule has 0 radical (unpaired) electrons. The van der Waals surface area contributed by atoms with E-state index >= 15 is 0 Å². The third-order valence-electron chi connectivity index (χ3n) is 2.30. The van der Waals surface area contributed by atoms with E-state index in [9.17, 15) is 5.21 Å². The summed E-state index contributed by atoms with van der Waals surface area (Å²) >= 11 is 0. The summed E-state index contributed by atoms with van der Waals surface area (Å²) in [6, 6.07) is 8.84. The molecule has 0 aliphatic carbocycles. The van der Waals surface area contributed by atoms with Crippen molar-refractivity contribution in [3.05, 3.63) is 41.7 Å². The van der Waals surface area contributed by atoms with Gasteiger partial charge in [-0.2, -0.15) is 4.73 Å². The Morgan fingerprint density at radius 3 is 2.94 bits per heavy atom. The van der Waals surface area contributed by atoms with Crippen LogP contribution in [0, 0.1) is 17.6 Å². The van der Waals surface area contributed by atoms with Gasteiger partial charge < -0.3 is 9.94 Å². The van der Waals surface area contributed by atoms with Crippen molar-refractivity contribution in [2.75, 3.05) is 0 Å². The summed E-state index contributed by atoms with van der Waals surface area (Å²) in [6.45, 7) is 1.78. The molecule has 0 spiro atoms. The highest BCUT2D eigenvalue weighted by Gasteiger charge is 2.09. The third kappa shape index (κ3) is 1.78. The first-order chi connectivity index (χ1) is 7.72. The van der Waals surface area contributed by atoms with Crippen molar-refractivity contribution in [3.63, 3.8) is 0 Å². The molecule has 1 heterocycles. The Kier molecular flexibility index (Phi) is 2.65. The molecule has 2 aromatic rings. The van der Waals surface area contributed by atoms with Gasteiger partial charge in [0.2, 0.25) is 5.52 Å². The van der Waals surface area contributed by atoms with Crippen LogP contribution in [0.1, 0.15) is 6.92 Å². The summed E-state index contributed by atoms with van der Waals surface area (Å²) < 4.78 is 6.35. The molecule has 3 nitrogen and oxygen atoms in total. The molecule has 0 saturated carbocycles. The zero-order valence-electron chi connectivity index (χ0n) is 8.88. The Labute approximate surface area is 93.9 Å². The lowest BCUT2D eigenvalue weighted by molar-refractivity contribution is -0.577. The Morgan fingerprint density at radius 1 is 1.38 bits per heavy atom. The number of terminal acetylenes is 1. The molecule has 3 heteroatoms. The smallest absolute Gasteiger partial charge is 0.227 e. The van der Waals surface area contributed by atoms with Gasteiger partial charge in [-0.15, -0.1) is 6.42 Å². The van der Waals surface area contributed by atoms with E-state index in [-0.39, 0.29) is 6.10 Å². The van der Waals surface area contributed by atoms with Gasteiger partial charge in [0.05, 0.1) is 5.39 Å². The maximum Gasteiger partial charge on any atom is 0.227 e. The van der Waals surface area contributed by atoms with E-state index in [2.05, 4.69) is 5.92 Å². The van der Waals surface area contributed by atoms with E-state index in [4.69, 9.17) is 11.2 Å². The molecule has 1 unspecified atom stereocenters. The third-order valence-corrected chi connectivity index (χ3v) is 2.30. The van der Waals surface area contributed by atoms with Crippen LogP contribution in [-0.4, -0.2) is 6.10 Å². The molecule has 0 fully saturated rings. The van der Waals surface area contributed by atoms with Crippen molar-refractivity contribution in [1.82, 2.24) is 0 Å². The molecule has 1 atom stereocenters. The number of aromatic nitrogens is 1. The van der Waals surface area contributed by atoms with E-state index in [0.29, 0.717) is 11.3 Å². The van der Waals surface area contributed by atoms with Gasteiger partial charge in [0.1, 0.15) is 5.75 Å². The SMILES string of the molecule is C#CC(C)Oc1cccc2c1ccc[n+]2[O-]. The minimum absolute atomic E-state index is 0.314. The molecule has 0 aliphatic rings. The molecule has 0 aliphatic heterocycles. The van der Waals surface area contributed by atoms with Crippen molar-refractivity contribution >= 4 is 10.9 Å². The maximum atomic E-state index is 11.5. The molecule has 0 saturated heterocycles. The largest absolute Gasteiger partial charge is 0.618 e. The lowest BCUT2D eigenvalue weighted by Crippen LogP contribution is -2.25. The van der Waals surface area contributed by atoms with E-state index in [0.717, 1.165) is 10.1 Å². The second kappa shape index (κ2) is 4.11. The van der Waals surface area contributed by atoms with Crippen molar-refractivity contribution in [1.29, 1.82) is 0 Å². The standard InChI is InChI=1S/C13H11NO2/c1-3-10(2)16-13-8-4-7-12-11(13)6-5-9-14(12)15/h1,4-10H,2H3. The number of hydrogen-bond acceptors (Lipinski definition) is 2. The monoisotopic (exact) mass is 213 g/mol. The molecule has 1 aromatic carbocycles. The summed E-state index contributed by atoms with van der Waals surface area (Å²) in [7, 11) is 0. The topological polar surface area (TPSA) is 36.2 Å². The van der Waals surface area contributed by atoms with Crippen LogP contribution < -0.4 is 9.47 Å². The minimum Gasteiger partial charge on any atom is -0.618 e. The first-order valence-corrected chi connectivity index (χ1v) is 4.96. The van der Waals surface area contributed by atoms with Gasteiger partial charge in [0, 0.05) is 12.1 Å². The predicted octanol–water partition coefficient (Wildman–Crippen LogP) is 1.87. The van der Waals surface area contributed by atoms with Crippen LogP contribution in [0.25, 0.3) is 10.9 Å². The van der Waals surface area contributed by atoms with Crippen LogP contribution in [0.4, 0.5) is 0 Å². The minimum atomic E-state index is -0.314. The van der Waals surface area contributed by atoms with Crippen LogP contribution >= 0.6 is 0 Å². The Morgan fingerprint density at radius 2 is 2.19 bits per heavy atom. The number of pyridine rings is 1. The number of rotatable bonds is 2. The molecule has 80 valence electrons. The second-order valence-electron chi connectivity index (χ2n) is 3.45. The first kappa shape index (κ1) is 10.3. The average Bonchev–Trinajstić information content (AvgIpc) is 2.30. The summed E-state index contributed by atoms with van der Waals surface area (Å²) in [5.74, 6) is 3.12. The van der Waals surface area contributed by atoms with E-state index in [1.807, 2.05) is 6.07 Å². The highest BCUT2D eigenvalue weighted by molar-refractivity contribution is 5.82. The number of fused-ring (bicyclic) bond motifs is 1. The molecular weight excluding hydrogens is 202 g/mol. The maximum absolute atomic E-state index is 11.5. The van der Waals surface area contributed by atoms with Crippen molar-refractivity contribution in [2.24, 2.45) is 0 Å². The van der Waals surface area contributed by atoms with Crippen LogP contribution in [0.2, 0.25) is 0 Å². The summed E-state index contributed by atoms with van der Waals surface area (Å²) in [5.41, 5.74) is 0.573.